The fraction of sp³-hybridized carbons (Fsp3) is 0.261. The lowest BCUT2D eigenvalue weighted by atomic mass is 10.1. The molecule has 0 spiro atoms. The van der Waals surface area contributed by atoms with Gasteiger partial charge in [0.2, 0.25) is 5.91 Å². The van der Waals surface area contributed by atoms with E-state index in [4.69, 9.17) is 4.74 Å². The Labute approximate surface area is 194 Å². The third-order valence-corrected chi connectivity index (χ3v) is 5.26. The molecule has 3 heterocycles. The van der Waals surface area contributed by atoms with E-state index < -0.39 is 18.0 Å². The van der Waals surface area contributed by atoms with E-state index in [2.05, 4.69) is 25.6 Å². The van der Waals surface area contributed by atoms with Gasteiger partial charge in [0, 0.05) is 49.1 Å². The topological polar surface area (TPSA) is 129 Å². The van der Waals surface area contributed by atoms with Crippen molar-refractivity contribution in [3.63, 3.8) is 0 Å². The van der Waals surface area contributed by atoms with Gasteiger partial charge < -0.3 is 20.4 Å². The highest BCUT2D eigenvalue weighted by atomic mass is 19.1. The van der Waals surface area contributed by atoms with Gasteiger partial charge in [-0.05, 0) is 24.3 Å². The zero-order chi connectivity index (χ0) is 24.1. The number of benzene rings is 1. The molecule has 1 fully saturated rings. The van der Waals surface area contributed by atoms with E-state index in [1.807, 2.05) is 0 Å². The van der Waals surface area contributed by atoms with Gasteiger partial charge >= 0.3 is 6.09 Å². The van der Waals surface area contributed by atoms with Crippen molar-refractivity contribution >= 4 is 23.6 Å². The van der Waals surface area contributed by atoms with Gasteiger partial charge in [-0.1, -0.05) is 6.07 Å². The molecule has 1 aromatic carbocycles. The summed E-state index contributed by atoms with van der Waals surface area (Å²) in [5.74, 6) is -1.10. The first kappa shape index (κ1) is 22.9. The number of hydrogen-bond donors (Lipinski definition) is 3. The van der Waals surface area contributed by atoms with Crippen LogP contribution in [0.1, 0.15) is 23.1 Å². The number of ether oxygens (including phenoxy) is 1. The molecule has 0 saturated carbocycles. The molecule has 0 aliphatic carbocycles. The molecule has 1 aliphatic rings. The second-order valence-corrected chi connectivity index (χ2v) is 7.73. The number of carbonyl (C=O) groups excluding carboxylic acids is 3. The Morgan fingerprint density at radius 3 is 2.76 bits per heavy atom. The summed E-state index contributed by atoms with van der Waals surface area (Å²) in [5.41, 5.74) is 2.25. The van der Waals surface area contributed by atoms with Crippen molar-refractivity contribution in [2.75, 3.05) is 24.5 Å². The van der Waals surface area contributed by atoms with Crippen LogP contribution in [0.15, 0.2) is 49.1 Å². The molecular weight excluding hydrogens is 443 g/mol. The molecule has 1 aliphatic heterocycles. The SMILES string of the molecule is CC(=O)NC[C@H]1CN(c2ccc(-c3ccc(C(=O)NCCc4cnc[nH]4)nc3)c(F)c2)C(=O)O1. The highest BCUT2D eigenvalue weighted by molar-refractivity contribution is 5.93. The van der Waals surface area contributed by atoms with E-state index in [-0.39, 0.29) is 36.2 Å². The number of aromatic nitrogens is 3. The second kappa shape index (κ2) is 10.1. The van der Waals surface area contributed by atoms with E-state index in [1.54, 1.807) is 30.7 Å². The van der Waals surface area contributed by atoms with Crippen molar-refractivity contribution in [2.45, 2.75) is 19.4 Å². The van der Waals surface area contributed by atoms with Crippen molar-refractivity contribution in [1.29, 1.82) is 0 Å². The van der Waals surface area contributed by atoms with E-state index in [0.717, 1.165) is 5.69 Å². The largest absolute Gasteiger partial charge is 0.442 e. The molecule has 0 radical (unpaired) electrons. The molecule has 1 saturated heterocycles. The summed E-state index contributed by atoms with van der Waals surface area (Å²) in [4.78, 5) is 47.8. The fourth-order valence-corrected chi connectivity index (χ4v) is 3.51. The molecule has 11 heteroatoms. The Hall–Kier alpha value is -4.28. The lowest BCUT2D eigenvalue weighted by Gasteiger charge is -2.14. The Bertz CT molecular complexity index is 1180. The Morgan fingerprint density at radius 2 is 2.09 bits per heavy atom. The van der Waals surface area contributed by atoms with Crippen molar-refractivity contribution in [3.05, 3.63) is 66.3 Å². The van der Waals surface area contributed by atoms with Crippen LogP contribution in [-0.4, -0.2) is 58.6 Å². The van der Waals surface area contributed by atoms with E-state index in [1.165, 1.54) is 30.2 Å². The summed E-state index contributed by atoms with van der Waals surface area (Å²) in [6.45, 7) is 2.18. The smallest absolute Gasteiger partial charge is 0.414 e. The van der Waals surface area contributed by atoms with E-state index in [0.29, 0.717) is 24.2 Å². The number of nitrogens with zero attached hydrogens (tertiary/aromatic N) is 3. The van der Waals surface area contributed by atoms with Crippen LogP contribution < -0.4 is 15.5 Å². The van der Waals surface area contributed by atoms with Gasteiger partial charge in [-0.2, -0.15) is 0 Å². The molecule has 4 rings (SSSR count). The van der Waals surface area contributed by atoms with Gasteiger partial charge in [0.15, 0.2) is 0 Å². The summed E-state index contributed by atoms with van der Waals surface area (Å²) < 4.78 is 20.1. The predicted octanol–water partition coefficient (Wildman–Crippen LogP) is 2.04. The number of aromatic amines is 1. The molecule has 1 atom stereocenters. The van der Waals surface area contributed by atoms with Crippen LogP contribution in [0.5, 0.6) is 0 Å². The summed E-state index contributed by atoms with van der Waals surface area (Å²) in [5, 5.41) is 5.37. The lowest BCUT2D eigenvalue weighted by Crippen LogP contribution is -2.33. The molecule has 3 aromatic rings. The molecular formula is C23H23FN6O4. The zero-order valence-corrected chi connectivity index (χ0v) is 18.4. The molecule has 0 bridgehead atoms. The summed E-state index contributed by atoms with van der Waals surface area (Å²) in [6.07, 6.45) is 4.18. The third-order valence-electron chi connectivity index (χ3n) is 5.26. The maximum Gasteiger partial charge on any atom is 0.414 e. The number of imidazole rings is 1. The van der Waals surface area contributed by atoms with Gasteiger partial charge in [0.25, 0.3) is 5.91 Å². The number of amides is 3. The zero-order valence-electron chi connectivity index (χ0n) is 18.4. The van der Waals surface area contributed by atoms with Gasteiger partial charge in [-0.15, -0.1) is 0 Å². The molecule has 0 unspecified atom stereocenters. The number of pyridine rings is 1. The Kier molecular flexibility index (Phi) is 6.81. The van der Waals surface area contributed by atoms with Crippen LogP contribution in [0.3, 0.4) is 0 Å². The number of hydrogen-bond acceptors (Lipinski definition) is 6. The Balaban J connectivity index is 1.38. The Morgan fingerprint density at radius 1 is 1.24 bits per heavy atom. The van der Waals surface area contributed by atoms with Gasteiger partial charge in [-0.25, -0.2) is 14.2 Å². The molecule has 3 N–H and O–H groups in total. The molecule has 2 aromatic heterocycles. The van der Waals surface area contributed by atoms with E-state index >= 15 is 0 Å². The lowest BCUT2D eigenvalue weighted by molar-refractivity contribution is -0.119. The maximum absolute atomic E-state index is 14.9. The van der Waals surface area contributed by atoms with Crippen LogP contribution in [0.4, 0.5) is 14.9 Å². The minimum Gasteiger partial charge on any atom is -0.442 e. The first-order chi connectivity index (χ1) is 16.4. The quantitative estimate of drug-likeness (QED) is 0.466. The second-order valence-electron chi connectivity index (χ2n) is 7.73. The van der Waals surface area contributed by atoms with Gasteiger partial charge in [0.05, 0.1) is 25.1 Å². The summed E-state index contributed by atoms with van der Waals surface area (Å²) in [7, 11) is 0. The average Bonchev–Trinajstić information content (AvgIpc) is 3.47. The van der Waals surface area contributed by atoms with Crippen LogP contribution in [-0.2, 0) is 16.0 Å². The van der Waals surface area contributed by atoms with Gasteiger partial charge in [0.1, 0.15) is 17.6 Å². The standard InChI is InChI=1S/C23H23FN6O4/c1-14(31)27-11-18-12-30(23(33)34-18)17-3-4-19(20(24)8-17)15-2-5-21(28-9-15)22(32)26-7-6-16-10-25-13-29-16/h2-5,8-10,13,18H,6-7,11-12H2,1H3,(H,25,29)(H,26,32)(H,27,31)/t18-/m0/s1. The average molecular weight is 466 g/mol. The normalized spacial score (nSPS) is 15.2. The minimum atomic E-state index is -0.605. The van der Waals surface area contributed by atoms with Crippen LogP contribution in [0.2, 0.25) is 0 Å². The molecule has 34 heavy (non-hydrogen) atoms. The maximum atomic E-state index is 14.9. The number of halogens is 1. The van der Waals surface area contributed by atoms with Crippen LogP contribution in [0, 0.1) is 5.82 Å². The van der Waals surface area contributed by atoms with Crippen LogP contribution >= 0.6 is 0 Å². The first-order valence-electron chi connectivity index (χ1n) is 10.6. The number of carbonyl (C=O) groups is 3. The van der Waals surface area contributed by atoms with Crippen molar-refractivity contribution in [1.82, 2.24) is 25.6 Å². The minimum absolute atomic E-state index is 0.187. The van der Waals surface area contributed by atoms with E-state index in [9.17, 15) is 18.8 Å². The van der Waals surface area contributed by atoms with Crippen molar-refractivity contribution in [3.8, 4) is 11.1 Å². The number of cyclic esters (lactones) is 1. The highest BCUT2D eigenvalue weighted by Gasteiger charge is 2.32. The van der Waals surface area contributed by atoms with Crippen LogP contribution in [0.25, 0.3) is 11.1 Å². The molecule has 176 valence electrons. The number of rotatable bonds is 8. The number of anilines is 1. The molecule has 10 nitrogen and oxygen atoms in total. The van der Waals surface area contributed by atoms with Gasteiger partial charge in [-0.3, -0.25) is 19.5 Å². The molecule has 3 amide bonds. The number of H-pyrrole nitrogens is 1. The monoisotopic (exact) mass is 466 g/mol. The summed E-state index contributed by atoms with van der Waals surface area (Å²) >= 11 is 0. The highest BCUT2D eigenvalue weighted by Crippen LogP contribution is 2.28. The first-order valence-corrected chi connectivity index (χ1v) is 10.6. The predicted molar refractivity (Wildman–Crippen MR) is 121 cm³/mol. The summed E-state index contributed by atoms with van der Waals surface area (Å²) in [6, 6.07) is 7.53. The third kappa shape index (κ3) is 5.37. The fourth-order valence-electron chi connectivity index (χ4n) is 3.51. The number of nitrogens with one attached hydrogen (secondary N) is 3. The van der Waals surface area contributed by atoms with Crippen molar-refractivity contribution < 1.29 is 23.5 Å². The van der Waals surface area contributed by atoms with Crippen molar-refractivity contribution in [2.24, 2.45) is 0 Å².